The van der Waals surface area contributed by atoms with Crippen molar-refractivity contribution in [3.8, 4) is 0 Å². The largest absolute Gasteiger partial charge is 0.472 e. The molecule has 0 aliphatic rings. The van der Waals surface area contributed by atoms with Crippen LogP contribution in [0.3, 0.4) is 0 Å². The highest BCUT2D eigenvalue weighted by Gasteiger charge is 2.13. The Morgan fingerprint density at radius 2 is 2.12 bits per heavy atom. The van der Waals surface area contributed by atoms with Gasteiger partial charge in [-0.1, -0.05) is 0 Å². The van der Waals surface area contributed by atoms with E-state index in [9.17, 15) is 9.18 Å². The average Bonchev–Trinajstić information content (AvgIpc) is 2.96. The van der Waals surface area contributed by atoms with Crippen LogP contribution in [0.1, 0.15) is 15.2 Å². The van der Waals surface area contributed by atoms with Crippen LogP contribution in [0.2, 0.25) is 0 Å². The van der Waals surface area contributed by atoms with E-state index in [4.69, 9.17) is 4.42 Å². The van der Waals surface area contributed by atoms with Crippen molar-refractivity contribution in [2.24, 2.45) is 0 Å². The van der Waals surface area contributed by atoms with Crippen LogP contribution < -0.4 is 0 Å². The molecule has 2 heterocycles. The molecule has 0 aliphatic carbocycles. The third kappa shape index (κ3) is 1.76. The van der Waals surface area contributed by atoms with Gasteiger partial charge in [-0.15, -0.1) is 11.3 Å². The summed E-state index contributed by atoms with van der Waals surface area (Å²) >= 11 is 1.35. The topological polar surface area (TPSA) is 30.2 Å². The number of thiophene rings is 1. The normalized spacial score (nSPS) is 10.9. The lowest BCUT2D eigenvalue weighted by atomic mass is 10.1. The quantitative estimate of drug-likeness (QED) is 0.642. The van der Waals surface area contributed by atoms with Crippen LogP contribution >= 0.6 is 11.3 Å². The number of halogens is 1. The molecule has 4 heteroatoms. The van der Waals surface area contributed by atoms with Crippen molar-refractivity contribution in [2.45, 2.75) is 0 Å². The van der Waals surface area contributed by atoms with E-state index in [2.05, 4.69) is 0 Å². The minimum absolute atomic E-state index is 0.0969. The van der Waals surface area contributed by atoms with Crippen molar-refractivity contribution in [1.29, 1.82) is 0 Å². The molecular formula is C13H7FO2S. The van der Waals surface area contributed by atoms with Crippen LogP contribution in [-0.2, 0) is 0 Å². The zero-order chi connectivity index (χ0) is 11.8. The number of ketones is 1. The predicted octanol–water partition coefficient (Wildman–Crippen LogP) is 3.86. The standard InChI is InChI=1S/C13H7FO2S/c14-10-1-2-11-9(5-10)6-12(17-11)13(15)8-3-4-16-7-8/h1-7H. The number of fused-ring (bicyclic) bond motifs is 1. The SMILES string of the molecule is O=C(c1ccoc1)c1cc2cc(F)ccc2s1. The number of hydrogen-bond acceptors (Lipinski definition) is 3. The summed E-state index contributed by atoms with van der Waals surface area (Å²) < 4.78 is 18.8. The molecule has 0 atom stereocenters. The lowest BCUT2D eigenvalue weighted by Crippen LogP contribution is -1.95. The zero-order valence-corrected chi connectivity index (χ0v) is 9.46. The molecule has 0 saturated heterocycles. The Morgan fingerprint density at radius 1 is 1.24 bits per heavy atom. The van der Waals surface area contributed by atoms with Gasteiger partial charge >= 0.3 is 0 Å². The van der Waals surface area contributed by atoms with E-state index < -0.39 is 0 Å². The van der Waals surface area contributed by atoms with E-state index in [1.165, 1.54) is 36.0 Å². The average molecular weight is 246 g/mol. The highest BCUT2D eigenvalue weighted by atomic mass is 32.1. The summed E-state index contributed by atoms with van der Waals surface area (Å²) in [5.74, 6) is -0.391. The van der Waals surface area contributed by atoms with Gasteiger partial charge in [0.25, 0.3) is 0 Å². The van der Waals surface area contributed by atoms with Gasteiger partial charge in [0.15, 0.2) is 0 Å². The van der Waals surface area contributed by atoms with Gasteiger partial charge in [-0.2, -0.15) is 0 Å². The summed E-state index contributed by atoms with van der Waals surface area (Å²) in [6.45, 7) is 0. The fourth-order valence-electron chi connectivity index (χ4n) is 1.66. The first kappa shape index (κ1) is 10.2. The second-order valence-electron chi connectivity index (χ2n) is 3.63. The van der Waals surface area contributed by atoms with Gasteiger partial charge in [-0.3, -0.25) is 4.79 Å². The smallest absolute Gasteiger partial charge is 0.206 e. The maximum absolute atomic E-state index is 13.0. The molecule has 0 radical (unpaired) electrons. The molecule has 17 heavy (non-hydrogen) atoms. The van der Waals surface area contributed by atoms with Crippen molar-refractivity contribution < 1.29 is 13.6 Å². The third-order valence-corrected chi connectivity index (χ3v) is 3.60. The first-order valence-electron chi connectivity index (χ1n) is 5.00. The molecule has 0 saturated carbocycles. The molecule has 3 rings (SSSR count). The Labute approximate surface area is 100 Å². The van der Waals surface area contributed by atoms with Crippen molar-refractivity contribution in [1.82, 2.24) is 0 Å². The van der Waals surface area contributed by atoms with Gasteiger partial charge in [0, 0.05) is 4.70 Å². The first-order valence-corrected chi connectivity index (χ1v) is 5.82. The molecular weight excluding hydrogens is 239 g/mol. The third-order valence-electron chi connectivity index (χ3n) is 2.49. The fraction of sp³-hybridized carbons (Fsp3) is 0. The second-order valence-corrected chi connectivity index (χ2v) is 4.72. The van der Waals surface area contributed by atoms with Gasteiger partial charge in [0.05, 0.1) is 16.7 Å². The van der Waals surface area contributed by atoms with Crippen LogP contribution in [0.15, 0.2) is 47.3 Å². The van der Waals surface area contributed by atoms with E-state index >= 15 is 0 Å². The number of furan rings is 1. The maximum atomic E-state index is 13.0. The van der Waals surface area contributed by atoms with Gasteiger partial charge in [-0.25, -0.2) is 4.39 Å². The monoisotopic (exact) mass is 246 g/mol. The number of rotatable bonds is 2. The van der Waals surface area contributed by atoms with Gasteiger partial charge in [0.2, 0.25) is 5.78 Å². The molecule has 0 N–H and O–H groups in total. The summed E-state index contributed by atoms with van der Waals surface area (Å²) in [6, 6.07) is 7.83. The number of carbonyl (C=O) groups is 1. The Balaban J connectivity index is 2.09. The van der Waals surface area contributed by atoms with Crippen LogP contribution in [-0.4, -0.2) is 5.78 Å². The zero-order valence-electron chi connectivity index (χ0n) is 8.64. The summed E-state index contributed by atoms with van der Waals surface area (Å²) in [6.07, 6.45) is 2.87. The molecule has 0 fully saturated rings. The number of hydrogen-bond donors (Lipinski definition) is 0. The Hall–Kier alpha value is -1.94. The summed E-state index contributed by atoms with van der Waals surface area (Å²) in [5, 5.41) is 0.752. The van der Waals surface area contributed by atoms with Crippen molar-refractivity contribution in [2.75, 3.05) is 0 Å². The molecule has 2 nitrogen and oxygen atoms in total. The molecule has 3 aromatic rings. The van der Waals surface area contributed by atoms with E-state index in [0.717, 1.165) is 10.1 Å². The number of carbonyl (C=O) groups excluding carboxylic acids is 1. The Morgan fingerprint density at radius 3 is 2.88 bits per heavy atom. The van der Waals surface area contributed by atoms with Crippen LogP contribution in [0, 0.1) is 5.82 Å². The van der Waals surface area contributed by atoms with Gasteiger partial charge < -0.3 is 4.42 Å². The molecule has 0 spiro atoms. The lowest BCUT2D eigenvalue weighted by molar-refractivity contribution is 0.104. The molecule has 0 aliphatic heterocycles. The summed E-state index contributed by atoms with van der Waals surface area (Å²) in [7, 11) is 0. The second kappa shape index (κ2) is 3.82. The highest BCUT2D eigenvalue weighted by Crippen LogP contribution is 2.28. The van der Waals surface area contributed by atoms with E-state index in [1.54, 1.807) is 18.2 Å². The van der Waals surface area contributed by atoms with Crippen LogP contribution in [0.4, 0.5) is 4.39 Å². The molecule has 2 aromatic heterocycles. The number of benzene rings is 1. The molecule has 84 valence electrons. The maximum Gasteiger partial charge on any atom is 0.206 e. The summed E-state index contributed by atoms with van der Waals surface area (Å²) in [4.78, 5) is 12.6. The molecule has 0 amide bonds. The lowest BCUT2D eigenvalue weighted by Gasteiger charge is -1.89. The first-order chi connectivity index (χ1) is 8.24. The van der Waals surface area contributed by atoms with Gasteiger partial charge in [-0.05, 0) is 35.7 Å². The highest BCUT2D eigenvalue weighted by molar-refractivity contribution is 7.21. The van der Waals surface area contributed by atoms with Crippen molar-refractivity contribution in [3.05, 3.63) is 59.1 Å². The van der Waals surface area contributed by atoms with E-state index in [0.29, 0.717) is 10.4 Å². The van der Waals surface area contributed by atoms with Crippen molar-refractivity contribution >= 4 is 27.2 Å². The predicted molar refractivity (Wildman–Crippen MR) is 63.9 cm³/mol. The Bertz CT molecular complexity index is 683. The van der Waals surface area contributed by atoms with Crippen molar-refractivity contribution in [3.63, 3.8) is 0 Å². The van der Waals surface area contributed by atoms with Crippen LogP contribution in [0.25, 0.3) is 10.1 Å². The van der Waals surface area contributed by atoms with E-state index in [1.807, 2.05) is 0 Å². The molecule has 0 bridgehead atoms. The Kier molecular flexibility index (Phi) is 2.30. The molecule has 0 unspecified atom stereocenters. The fourth-order valence-corrected chi connectivity index (χ4v) is 2.67. The van der Waals surface area contributed by atoms with E-state index in [-0.39, 0.29) is 11.6 Å². The molecule has 1 aromatic carbocycles. The van der Waals surface area contributed by atoms with Crippen LogP contribution in [0.5, 0.6) is 0 Å². The summed E-state index contributed by atoms with van der Waals surface area (Å²) in [5.41, 5.74) is 0.511. The minimum atomic E-state index is -0.294. The minimum Gasteiger partial charge on any atom is -0.472 e. The van der Waals surface area contributed by atoms with Gasteiger partial charge in [0.1, 0.15) is 12.1 Å².